The normalized spacial score (nSPS) is 13.9. The topological polar surface area (TPSA) is 66.4 Å². The molecule has 0 aromatic heterocycles. The third-order valence-electron chi connectivity index (χ3n) is 2.63. The third kappa shape index (κ3) is 2.21. The summed E-state index contributed by atoms with van der Waals surface area (Å²) < 4.78 is 0. The van der Waals surface area contributed by atoms with Gasteiger partial charge in [-0.15, -0.1) is 0 Å². The fraction of sp³-hybridized carbons (Fsp3) is 0.333. The van der Waals surface area contributed by atoms with E-state index < -0.39 is 17.3 Å². The number of para-hydroxylation sites is 1. The van der Waals surface area contributed by atoms with Crippen LogP contribution < -0.4 is 5.32 Å². The Kier molecular flexibility index (Phi) is 3.66. The van der Waals surface area contributed by atoms with Crippen molar-refractivity contribution in [1.29, 1.82) is 0 Å². The van der Waals surface area contributed by atoms with Crippen molar-refractivity contribution < 1.29 is 14.7 Å². The third-order valence-corrected chi connectivity index (χ3v) is 2.63. The van der Waals surface area contributed by atoms with E-state index in [1.165, 1.54) is 6.92 Å². The van der Waals surface area contributed by atoms with Crippen LogP contribution in [-0.4, -0.2) is 22.4 Å². The second-order valence-corrected chi connectivity index (χ2v) is 3.61. The van der Waals surface area contributed by atoms with E-state index in [1.54, 1.807) is 31.2 Å². The van der Waals surface area contributed by atoms with E-state index in [2.05, 4.69) is 5.32 Å². The molecule has 4 heteroatoms. The summed E-state index contributed by atoms with van der Waals surface area (Å²) in [5.74, 6) is -1.54. The van der Waals surface area contributed by atoms with Gasteiger partial charge in [-0.25, -0.2) is 4.79 Å². The molecule has 86 valence electrons. The van der Waals surface area contributed by atoms with Crippen LogP contribution in [0.4, 0.5) is 5.69 Å². The van der Waals surface area contributed by atoms with Crippen LogP contribution in [0, 0.1) is 0 Å². The predicted octanol–water partition coefficient (Wildman–Crippen LogP) is 1.92. The highest BCUT2D eigenvalue weighted by Crippen LogP contribution is 2.20. The van der Waals surface area contributed by atoms with Gasteiger partial charge in [0.1, 0.15) is 0 Å². The molecule has 0 saturated heterocycles. The molecule has 0 amide bonds. The summed E-state index contributed by atoms with van der Waals surface area (Å²) in [6.45, 7) is 2.96. The summed E-state index contributed by atoms with van der Waals surface area (Å²) in [6.07, 6.45) is 0.201. The molecule has 0 aliphatic heterocycles. The number of carbonyl (C=O) groups excluding carboxylic acids is 1. The van der Waals surface area contributed by atoms with E-state index in [-0.39, 0.29) is 6.42 Å². The first-order chi connectivity index (χ1) is 7.53. The number of anilines is 1. The average Bonchev–Trinajstić information content (AvgIpc) is 2.26. The largest absolute Gasteiger partial charge is 0.479 e. The van der Waals surface area contributed by atoms with Crippen LogP contribution in [0.5, 0.6) is 0 Å². The van der Waals surface area contributed by atoms with Gasteiger partial charge in [-0.2, -0.15) is 0 Å². The number of ketones is 1. The maximum atomic E-state index is 11.5. The summed E-state index contributed by atoms with van der Waals surface area (Å²) in [5, 5.41) is 12.0. The fourth-order valence-electron chi connectivity index (χ4n) is 1.55. The van der Waals surface area contributed by atoms with Gasteiger partial charge >= 0.3 is 5.97 Å². The van der Waals surface area contributed by atoms with Crippen LogP contribution in [-0.2, 0) is 9.59 Å². The Morgan fingerprint density at radius 1 is 1.31 bits per heavy atom. The van der Waals surface area contributed by atoms with Crippen LogP contribution in [0.3, 0.4) is 0 Å². The molecule has 0 fully saturated rings. The van der Waals surface area contributed by atoms with Crippen molar-refractivity contribution in [3.05, 3.63) is 30.3 Å². The number of Topliss-reactive ketones (excluding diaryl/α,β-unsaturated/α-hetero) is 1. The smallest absolute Gasteiger partial charge is 0.337 e. The number of carboxylic acids is 1. The highest BCUT2D eigenvalue weighted by atomic mass is 16.4. The van der Waals surface area contributed by atoms with E-state index in [0.717, 1.165) is 0 Å². The number of benzene rings is 1. The van der Waals surface area contributed by atoms with Gasteiger partial charge in [-0.1, -0.05) is 25.1 Å². The van der Waals surface area contributed by atoms with Gasteiger partial charge < -0.3 is 10.4 Å². The highest BCUT2D eigenvalue weighted by molar-refractivity contribution is 6.09. The highest BCUT2D eigenvalue weighted by Gasteiger charge is 2.41. The number of hydrogen-bond acceptors (Lipinski definition) is 3. The lowest BCUT2D eigenvalue weighted by molar-refractivity contribution is -0.146. The molecule has 4 nitrogen and oxygen atoms in total. The number of hydrogen-bond donors (Lipinski definition) is 2. The average molecular weight is 221 g/mol. The Hall–Kier alpha value is -1.84. The van der Waals surface area contributed by atoms with E-state index in [4.69, 9.17) is 0 Å². The SMILES string of the molecule is CCC(Nc1ccccc1)(C(C)=O)C(=O)O. The lowest BCUT2D eigenvalue weighted by Crippen LogP contribution is -2.51. The van der Waals surface area contributed by atoms with Crippen molar-refractivity contribution in [3.63, 3.8) is 0 Å². The first-order valence-electron chi connectivity index (χ1n) is 5.10. The van der Waals surface area contributed by atoms with Gasteiger partial charge in [0.25, 0.3) is 0 Å². The Balaban J connectivity index is 3.04. The standard InChI is InChI=1S/C12H15NO3/c1-3-12(9(2)14,11(15)16)13-10-7-5-4-6-8-10/h4-8,13H,3H2,1-2H3,(H,15,16). The molecular formula is C12H15NO3. The Morgan fingerprint density at radius 2 is 1.88 bits per heavy atom. The summed E-state index contributed by atoms with van der Waals surface area (Å²) in [6, 6.07) is 8.86. The number of carboxylic acid groups (broad SMARTS) is 1. The van der Waals surface area contributed by atoms with E-state index >= 15 is 0 Å². The van der Waals surface area contributed by atoms with E-state index in [0.29, 0.717) is 5.69 Å². The number of aliphatic carboxylic acids is 1. The van der Waals surface area contributed by atoms with Crippen LogP contribution in [0.1, 0.15) is 20.3 Å². The summed E-state index contributed by atoms with van der Waals surface area (Å²) in [7, 11) is 0. The summed E-state index contributed by atoms with van der Waals surface area (Å²) >= 11 is 0. The van der Waals surface area contributed by atoms with Crippen molar-refractivity contribution in [1.82, 2.24) is 0 Å². The zero-order valence-electron chi connectivity index (χ0n) is 9.36. The Bertz CT molecular complexity index is 373. The second-order valence-electron chi connectivity index (χ2n) is 3.61. The molecule has 16 heavy (non-hydrogen) atoms. The van der Waals surface area contributed by atoms with Crippen molar-refractivity contribution in [2.75, 3.05) is 5.32 Å². The molecule has 1 unspecified atom stereocenters. The van der Waals surface area contributed by atoms with Crippen LogP contribution in [0.15, 0.2) is 30.3 Å². The molecule has 1 aromatic carbocycles. The van der Waals surface area contributed by atoms with Crippen LogP contribution in [0.25, 0.3) is 0 Å². The molecule has 1 rings (SSSR count). The van der Waals surface area contributed by atoms with Crippen molar-refractivity contribution in [2.45, 2.75) is 25.8 Å². The first-order valence-corrected chi connectivity index (χ1v) is 5.10. The Morgan fingerprint density at radius 3 is 2.25 bits per heavy atom. The lowest BCUT2D eigenvalue weighted by Gasteiger charge is -2.27. The Labute approximate surface area is 94.3 Å². The number of carbonyl (C=O) groups is 2. The lowest BCUT2D eigenvalue weighted by atomic mass is 9.91. The van der Waals surface area contributed by atoms with Crippen molar-refractivity contribution >= 4 is 17.4 Å². The maximum Gasteiger partial charge on any atom is 0.337 e. The quantitative estimate of drug-likeness (QED) is 0.745. The molecule has 2 N–H and O–H groups in total. The molecule has 0 aliphatic rings. The van der Waals surface area contributed by atoms with Gasteiger partial charge in [0.2, 0.25) is 0 Å². The molecule has 0 bridgehead atoms. The van der Waals surface area contributed by atoms with Crippen molar-refractivity contribution in [3.8, 4) is 0 Å². The minimum absolute atomic E-state index is 0.201. The monoisotopic (exact) mass is 221 g/mol. The fourth-order valence-corrected chi connectivity index (χ4v) is 1.55. The van der Waals surface area contributed by atoms with Gasteiger partial charge in [0.05, 0.1) is 0 Å². The molecular weight excluding hydrogens is 206 g/mol. The number of rotatable bonds is 5. The van der Waals surface area contributed by atoms with Gasteiger partial charge in [-0.3, -0.25) is 4.79 Å². The van der Waals surface area contributed by atoms with Gasteiger partial charge in [-0.05, 0) is 25.5 Å². The van der Waals surface area contributed by atoms with E-state index in [1.807, 2.05) is 6.07 Å². The summed E-state index contributed by atoms with van der Waals surface area (Å²) in [5.41, 5.74) is -0.900. The van der Waals surface area contributed by atoms with Gasteiger partial charge in [0.15, 0.2) is 11.3 Å². The van der Waals surface area contributed by atoms with Crippen molar-refractivity contribution in [2.24, 2.45) is 0 Å². The second kappa shape index (κ2) is 4.79. The zero-order valence-corrected chi connectivity index (χ0v) is 9.36. The van der Waals surface area contributed by atoms with Crippen LogP contribution >= 0.6 is 0 Å². The predicted molar refractivity (Wildman–Crippen MR) is 61.4 cm³/mol. The van der Waals surface area contributed by atoms with Gasteiger partial charge in [0, 0.05) is 5.69 Å². The molecule has 0 radical (unpaired) electrons. The molecule has 1 atom stereocenters. The first kappa shape index (κ1) is 12.2. The molecule has 1 aromatic rings. The minimum Gasteiger partial charge on any atom is -0.479 e. The maximum absolute atomic E-state index is 11.5. The number of nitrogens with one attached hydrogen (secondary N) is 1. The molecule has 0 heterocycles. The summed E-state index contributed by atoms with van der Waals surface area (Å²) in [4.78, 5) is 22.7. The molecule has 0 aliphatic carbocycles. The molecule has 0 spiro atoms. The minimum atomic E-state index is -1.53. The molecule has 0 saturated carbocycles. The van der Waals surface area contributed by atoms with Crippen LogP contribution in [0.2, 0.25) is 0 Å². The zero-order chi connectivity index (χ0) is 12.2. The van der Waals surface area contributed by atoms with E-state index in [9.17, 15) is 14.7 Å².